The molecule has 0 saturated carbocycles. The van der Waals surface area contributed by atoms with Crippen molar-refractivity contribution in [2.75, 3.05) is 0 Å². The standard InChI is InChI=1S/C19H23NO3/c1-2-3-4-12-18(21)20-17(19(22)23)13-15-10-7-9-14-8-5-6-11-16(14)15/h5-11,17H,2-4,12-13H2,1H3,(H,20,21)(H,22,23)/t17-/m0/s1. The summed E-state index contributed by atoms with van der Waals surface area (Å²) in [5.74, 6) is -1.19. The summed E-state index contributed by atoms with van der Waals surface area (Å²) in [6.45, 7) is 2.07. The van der Waals surface area contributed by atoms with Crippen LogP contribution in [0.2, 0.25) is 0 Å². The Morgan fingerprint density at radius 1 is 1.09 bits per heavy atom. The predicted octanol–water partition coefficient (Wildman–Crippen LogP) is 3.53. The minimum Gasteiger partial charge on any atom is -0.480 e. The summed E-state index contributed by atoms with van der Waals surface area (Å²) in [5, 5.41) is 14.2. The number of hydrogen-bond acceptors (Lipinski definition) is 2. The molecular formula is C19H23NO3. The number of benzene rings is 2. The molecule has 0 aromatic heterocycles. The average Bonchev–Trinajstić information content (AvgIpc) is 2.54. The first-order valence-corrected chi connectivity index (χ1v) is 8.10. The van der Waals surface area contributed by atoms with E-state index >= 15 is 0 Å². The Balaban J connectivity index is 2.09. The molecule has 2 rings (SSSR count). The topological polar surface area (TPSA) is 66.4 Å². The Morgan fingerprint density at radius 2 is 1.83 bits per heavy atom. The number of carboxylic acid groups (broad SMARTS) is 1. The average molecular weight is 313 g/mol. The van der Waals surface area contributed by atoms with Gasteiger partial charge in [0.1, 0.15) is 6.04 Å². The van der Waals surface area contributed by atoms with E-state index in [0.717, 1.165) is 35.6 Å². The van der Waals surface area contributed by atoms with Crippen LogP contribution >= 0.6 is 0 Å². The van der Waals surface area contributed by atoms with Crippen LogP contribution in [0.3, 0.4) is 0 Å². The fourth-order valence-corrected chi connectivity index (χ4v) is 2.69. The SMILES string of the molecule is CCCCCC(=O)N[C@@H](Cc1cccc2ccccc12)C(=O)O. The highest BCUT2D eigenvalue weighted by Gasteiger charge is 2.21. The largest absolute Gasteiger partial charge is 0.480 e. The van der Waals surface area contributed by atoms with Crippen molar-refractivity contribution in [2.24, 2.45) is 0 Å². The molecule has 2 N–H and O–H groups in total. The third-order valence-corrected chi connectivity index (χ3v) is 3.94. The molecule has 0 fully saturated rings. The van der Waals surface area contributed by atoms with Crippen LogP contribution < -0.4 is 5.32 Å². The van der Waals surface area contributed by atoms with Gasteiger partial charge in [0, 0.05) is 12.8 Å². The van der Waals surface area contributed by atoms with Crippen LogP contribution in [0.4, 0.5) is 0 Å². The van der Waals surface area contributed by atoms with E-state index in [1.165, 1.54) is 0 Å². The van der Waals surface area contributed by atoms with Crippen molar-refractivity contribution in [2.45, 2.75) is 45.1 Å². The zero-order valence-corrected chi connectivity index (χ0v) is 13.4. The molecule has 0 unspecified atom stereocenters. The molecule has 0 aliphatic rings. The maximum atomic E-state index is 11.9. The molecule has 0 radical (unpaired) electrons. The zero-order valence-electron chi connectivity index (χ0n) is 13.4. The van der Waals surface area contributed by atoms with Gasteiger partial charge in [0.25, 0.3) is 0 Å². The van der Waals surface area contributed by atoms with Gasteiger partial charge in [-0.15, -0.1) is 0 Å². The Bertz CT molecular complexity index is 676. The van der Waals surface area contributed by atoms with Crippen molar-refractivity contribution in [3.63, 3.8) is 0 Å². The second-order valence-electron chi connectivity index (χ2n) is 5.76. The van der Waals surface area contributed by atoms with Crippen LogP contribution in [-0.4, -0.2) is 23.0 Å². The molecule has 0 heterocycles. The lowest BCUT2D eigenvalue weighted by Crippen LogP contribution is -2.42. The third kappa shape index (κ3) is 4.81. The number of carbonyl (C=O) groups excluding carboxylic acids is 1. The lowest BCUT2D eigenvalue weighted by atomic mass is 9.98. The number of aliphatic carboxylic acids is 1. The highest BCUT2D eigenvalue weighted by molar-refractivity contribution is 5.88. The lowest BCUT2D eigenvalue weighted by molar-refractivity contribution is -0.141. The number of nitrogens with one attached hydrogen (secondary N) is 1. The van der Waals surface area contributed by atoms with Gasteiger partial charge in [0.15, 0.2) is 0 Å². The molecule has 1 atom stereocenters. The van der Waals surface area contributed by atoms with Gasteiger partial charge >= 0.3 is 5.97 Å². The van der Waals surface area contributed by atoms with Crippen LogP contribution in [-0.2, 0) is 16.0 Å². The zero-order chi connectivity index (χ0) is 16.7. The lowest BCUT2D eigenvalue weighted by Gasteiger charge is -2.16. The molecule has 1 amide bonds. The summed E-state index contributed by atoms with van der Waals surface area (Å²) < 4.78 is 0. The number of carbonyl (C=O) groups is 2. The minimum atomic E-state index is -0.998. The van der Waals surface area contributed by atoms with Gasteiger partial charge < -0.3 is 10.4 Å². The van der Waals surface area contributed by atoms with Crippen molar-refractivity contribution in [1.29, 1.82) is 0 Å². The van der Waals surface area contributed by atoms with E-state index in [0.29, 0.717) is 6.42 Å². The predicted molar refractivity (Wildman–Crippen MR) is 91.4 cm³/mol. The summed E-state index contributed by atoms with van der Waals surface area (Å²) in [5.41, 5.74) is 0.935. The van der Waals surface area contributed by atoms with Gasteiger partial charge in [-0.25, -0.2) is 4.79 Å². The van der Waals surface area contributed by atoms with E-state index in [9.17, 15) is 14.7 Å². The first-order chi connectivity index (χ1) is 11.1. The second kappa shape index (κ2) is 8.32. The summed E-state index contributed by atoms with van der Waals surface area (Å²) in [6.07, 6.45) is 3.48. The molecule has 122 valence electrons. The van der Waals surface area contributed by atoms with Gasteiger partial charge in [-0.05, 0) is 22.8 Å². The monoisotopic (exact) mass is 313 g/mol. The molecule has 0 aliphatic heterocycles. The summed E-state index contributed by atoms with van der Waals surface area (Å²) in [4.78, 5) is 23.4. The molecule has 0 aliphatic carbocycles. The van der Waals surface area contributed by atoms with Crippen molar-refractivity contribution >= 4 is 22.6 Å². The smallest absolute Gasteiger partial charge is 0.326 e. The van der Waals surface area contributed by atoms with Crippen molar-refractivity contribution in [1.82, 2.24) is 5.32 Å². The molecule has 0 saturated heterocycles. The number of hydrogen-bond donors (Lipinski definition) is 2. The Labute approximate surface area is 136 Å². The van der Waals surface area contributed by atoms with Gasteiger partial charge in [0.2, 0.25) is 5.91 Å². The second-order valence-corrected chi connectivity index (χ2v) is 5.76. The fourth-order valence-electron chi connectivity index (χ4n) is 2.69. The number of amides is 1. The summed E-state index contributed by atoms with van der Waals surface area (Å²) >= 11 is 0. The van der Waals surface area contributed by atoms with Crippen LogP contribution in [0.25, 0.3) is 10.8 Å². The third-order valence-electron chi connectivity index (χ3n) is 3.94. The molecule has 23 heavy (non-hydrogen) atoms. The van der Waals surface area contributed by atoms with Crippen molar-refractivity contribution in [3.8, 4) is 0 Å². The minimum absolute atomic E-state index is 0.189. The van der Waals surface area contributed by atoms with E-state index < -0.39 is 12.0 Å². The van der Waals surface area contributed by atoms with Crippen molar-refractivity contribution < 1.29 is 14.7 Å². The number of fused-ring (bicyclic) bond motifs is 1. The maximum Gasteiger partial charge on any atom is 0.326 e. The maximum absolute atomic E-state index is 11.9. The van der Waals surface area contributed by atoms with Gasteiger partial charge in [0.05, 0.1) is 0 Å². The summed E-state index contributed by atoms with van der Waals surface area (Å²) in [7, 11) is 0. The molecule has 0 bridgehead atoms. The first-order valence-electron chi connectivity index (χ1n) is 8.10. The highest BCUT2D eigenvalue weighted by Crippen LogP contribution is 2.20. The van der Waals surface area contributed by atoms with E-state index in [1.54, 1.807) is 0 Å². The quantitative estimate of drug-likeness (QED) is 0.733. The van der Waals surface area contributed by atoms with Crippen LogP contribution in [0.15, 0.2) is 42.5 Å². The van der Waals surface area contributed by atoms with Crippen LogP contribution in [0, 0.1) is 0 Å². The van der Waals surface area contributed by atoms with Crippen LogP contribution in [0.1, 0.15) is 38.2 Å². The Morgan fingerprint density at radius 3 is 2.57 bits per heavy atom. The van der Waals surface area contributed by atoms with Gasteiger partial charge in [-0.2, -0.15) is 0 Å². The molecular weight excluding hydrogens is 290 g/mol. The number of carboxylic acids is 1. The Kier molecular flexibility index (Phi) is 6.15. The first kappa shape index (κ1) is 17.0. The summed E-state index contributed by atoms with van der Waals surface area (Å²) in [6, 6.07) is 12.8. The number of rotatable bonds is 8. The van der Waals surface area contributed by atoms with E-state index in [-0.39, 0.29) is 12.3 Å². The van der Waals surface area contributed by atoms with Crippen LogP contribution in [0.5, 0.6) is 0 Å². The van der Waals surface area contributed by atoms with E-state index in [4.69, 9.17) is 0 Å². The van der Waals surface area contributed by atoms with Gasteiger partial charge in [-0.3, -0.25) is 4.79 Å². The van der Waals surface area contributed by atoms with E-state index in [2.05, 4.69) is 12.2 Å². The molecule has 2 aromatic rings. The molecule has 4 heteroatoms. The normalized spacial score (nSPS) is 12.0. The molecule has 0 spiro atoms. The number of unbranched alkanes of at least 4 members (excludes halogenated alkanes) is 2. The van der Waals surface area contributed by atoms with Gasteiger partial charge in [-0.1, -0.05) is 62.2 Å². The fraction of sp³-hybridized carbons (Fsp3) is 0.368. The Hall–Kier alpha value is -2.36. The van der Waals surface area contributed by atoms with Crippen molar-refractivity contribution in [3.05, 3.63) is 48.0 Å². The molecule has 4 nitrogen and oxygen atoms in total. The van der Waals surface area contributed by atoms with E-state index in [1.807, 2.05) is 42.5 Å². The molecule has 2 aromatic carbocycles. The highest BCUT2D eigenvalue weighted by atomic mass is 16.4.